The van der Waals surface area contributed by atoms with E-state index in [0.29, 0.717) is 6.42 Å². The van der Waals surface area contributed by atoms with Crippen molar-refractivity contribution in [3.05, 3.63) is 0 Å². The number of primary amides is 1. The lowest BCUT2D eigenvalue weighted by Gasteiger charge is -2.10. The molecule has 0 aliphatic carbocycles. The standard InChI is InChI=1S/C11H23NO2/c1-2-3-4-5-6-7-10(8-9-13)11(12)14/h10,13H,2-9H2,1H3,(H2,12,14). The molecule has 0 bridgehead atoms. The first-order valence-electron chi connectivity index (χ1n) is 5.62. The van der Waals surface area contributed by atoms with Crippen LogP contribution in [0.3, 0.4) is 0 Å². The van der Waals surface area contributed by atoms with Crippen LogP contribution in [0.25, 0.3) is 0 Å². The first-order valence-corrected chi connectivity index (χ1v) is 5.62. The maximum Gasteiger partial charge on any atom is 0.220 e. The summed E-state index contributed by atoms with van der Waals surface area (Å²) in [6.07, 6.45) is 7.30. The highest BCUT2D eigenvalue weighted by Crippen LogP contribution is 2.14. The normalized spacial score (nSPS) is 12.7. The van der Waals surface area contributed by atoms with Gasteiger partial charge in [-0.05, 0) is 12.8 Å². The number of aliphatic hydroxyl groups excluding tert-OH is 1. The van der Waals surface area contributed by atoms with Crippen molar-refractivity contribution in [2.24, 2.45) is 11.7 Å². The van der Waals surface area contributed by atoms with Gasteiger partial charge in [0.15, 0.2) is 0 Å². The van der Waals surface area contributed by atoms with E-state index in [1.54, 1.807) is 0 Å². The molecular weight excluding hydrogens is 178 g/mol. The predicted molar refractivity (Wildman–Crippen MR) is 57.8 cm³/mol. The van der Waals surface area contributed by atoms with Gasteiger partial charge in [-0.1, -0.05) is 39.0 Å². The number of aliphatic hydroxyl groups is 1. The number of rotatable bonds is 9. The number of amides is 1. The number of hydrogen-bond donors (Lipinski definition) is 2. The van der Waals surface area contributed by atoms with Gasteiger partial charge in [0.25, 0.3) is 0 Å². The average Bonchev–Trinajstić information content (AvgIpc) is 2.15. The van der Waals surface area contributed by atoms with Crippen molar-refractivity contribution < 1.29 is 9.90 Å². The fourth-order valence-electron chi connectivity index (χ4n) is 1.58. The van der Waals surface area contributed by atoms with E-state index >= 15 is 0 Å². The third-order valence-electron chi connectivity index (χ3n) is 2.54. The molecular formula is C11H23NO2. The fourth-order valence-corrected chi connectivity index (χ4v) is 1.58. The van der Waals surface area contributed by atoms with Gasteiger partial charge in [-0.3, -0.25) is 4.79 Å². The fraction of sp³-hybridized carbons (Fsp3) is 0.909. The van der Waals surface area contributed by atoms with Crippen LogP contribution in [-0.2, 0) is 4.79 Å². The second-order valence-electron chi connectivity index (χ2n) is 3.81. The second kappa shape index (κ2) is 9.00. The van der Waals surface area contributed by atoms with E-state index in [2.05, 4.69) is 6.92 Å². The SMILES string of the molecule is CCCCCCCC(CCO)C(N)=O. The van der Waals surface area contributed by atoms with Gasteiger partial charge >= 0.3 is 0 Å². The Kier molecular flexibility index (Phi) is 8.64. The predicted octanol–water partition coefficient (Wildman–Crippen LogP) is 1.83. The van der Waals surface area contributed by atoms with Gasteiger partial charge in [-0.25, -0.2) is 0 Å². The van der Waals surface area contributed by atoms with Crippen LogP contribution in [0.5, 0.6) is 0 Å². The molecule has 3 nitrogen and oxygen atoms in total. The van der Waals surface area contributed by atoms with Crippen molar-refractivity contribution in [1.29, 1.82) is 0 Å². The van der Waals surface area contributed by atoms with Gasteiger partial charge < -0.3 is 10.8 Å². The van der Waals surface area contributed by atoms with Gasteiger partial charge in [0.2, 0.25) is 5.91 Å². The first-order chi connectivity index (χ1) is 6.72. The lowest BCUT2D eigenvalue weighted by Crippen LogP contribution is -2.24. The quantitative estimate of drug-likeness (QED) is 0.559. The van der Waals surface area contributed by atoms with Crippen LogP contribution >= 0.6 is 0 Å². The third-order valence-corrected chi connectivity index (χ3v) is 2.54. The van der Waals surface area contributed by atoms with E-state index in [1.807, 2.05) is 0 Å². The van der Waals surface area contributed by atoms with Crippen LogP contribution in [0, 0.1) is 5.92 Å². The maximum atomic E-state index is 10.9. The van der Waals surface area contributed by atoms with E-state index < -0.39 is 0 Å². The zero-order chi connectivity index (χ0) is 10.8. The van der Waals surface area contributed by atoms with Gasteiger partial charge in [-0.15, -0.1) is 0 Å². The molecule has 84 valence electrons. The van der Waals surface area contributed by atoms with Crippen LogP contribution in [0.4, 0.5) is 0 Å². The summed E-state index contributed by atoms with van der Waals surface area (Å²) in [4.78, 5) is 10.9. The number of unbranched alkanes of at least 4 members (excludes halogenated alkanes) is 4. The Morgan fingerprint density at radius 1 is 1.21 bits per heavy atom. The molecule has 0 heterocycles. The smallest absolute Gasteiger partial charge is 0.220 e. The molecule has 0 radical (unpaired) electrons. The molecule has 1 unspecified atom stereocenters. The third kappa shape index (κ3) is 6.89. The molecule has 3 N–H and O–H groups in total. The van der Waals surface area contributed by atoms with Gasteiger partial charge in [0, 0.05) is 12.5 Å². The largest absolute Gasteiger partial charge is 0.396 e. The van der Waals surface area contributed by atoms with Crippen molar-refractivity contribution in [3.63, 3.8) is 0 Å². The minimum absolute atomic E-state index is 0.0581. The molecule has 0 aromatic rings. The van der Waals surface area contributed by atoms with Crippen LogP contribution in [-0.4, -0.2) is 17.6 Å². The molecule has 3 heteroatoms. The molecule has 14 heavy (non-hydrogen) atoms. The number of hydrogen-bond acceptors (Lipinski definition) is 2. The van der Waals surface area contributed by atoms with E-state index in [4.69, 9.17) is 10.8 Å². The first kappa shape index (κ1) is 13.4. The molecule has 0 aromatic carbocycles. The molecule has 0 saturated carbocycles. The summed E-state index contributed by atoms with van der Waals surface area (Å²) in [7, 11) is 0. The summed E-state index contributed by atoms with van der Waals surface area (Å²) in [5, 5.41) is 8.72. The Hall–Kier alpha value is -0.570. The zero-order valence-electron chi connectivity index (χ0n) is 9.17. The van der Waals surface area contributed by atoms with Crippen molar-refractivity contribution in [1.82, 2.24) is 0 Å². The molecule has 0 aromatic heterocycles. The monoisotopic (exact) mass is 201 g/mol. The van der Waals surface area contributed by atoms with Crippen LogP contribution in [0.15, 0.2) is 0 Å². The Morgan fingerprint density at radius 3 is 2.36 bits per heavy atom. The Balaban J connectivity index is 3.46. The van der Waals surface area contributed by atoms with Crippen molar-refractivity contribution in [2.45, 2.75) is 51.9 Å². The van der Waals surface area contributed by atoms with E-state index in [0.717, 1.165) is 12.8 Å². The highest BCUT2D eigenvalue weighted by Gasteiger charge is 2.13. The second-order valence-corrected chi connectivity index (χ2v) is 3.81. The van der Waals surface area contributed by atoms with E-state index in [-0.39, 0.29) is 18.4 Å². The number of nitrogens with two attached hydrogens (primary N) is 1. The zero-order valence-corrected chi connectivity index (χ0v) is 9.17. The maximum absolute atomic E-state index is 10.9. The lowest BCUT2D eigenvalue weighted by atomic mass is 9.97. The van der Waals surface area contributed by atoms with E-state index in [9.17, 15) is 4.79 Å². The summed E-state index contributed by atoms with van der Waals surface area (Å²) in [6.45, 7) is 2.24. The van der Waals surface area contributed by atoms with Gasteiger partial charge in [0.1, 0.15) is 0 Å². The minimum atomic E-state index is -0.269. The number of carbonyl (C=O) groups is 1. The Bertz CT molecular complexity index is 148. The molecule has 0 aliphatic rings. The highest BCUT2D eigenvalue weighted by molar-refractivity contribution is 5.76. The highest BCUT2D eigenvalue weighted by atomic mass is 16.3. The van der Waals surface area contributed by atoms with Crippen molar-refractivity contribution in [2.75, 3.05) is 6.61 Å². The van der Waals surface area contributed by atoms with Crippen LogP contribution in [0.2, 0.25) is 0 Å². The topological polar surface area (TPSA) is 63.3 Å². The summed E-state index contributed by atoms with van der Waals surface area (Å²) >= 11 is 0. The molecule has 0 fully saturated rings. The van der Waals surface area contributed by atoms with Crippen LogP contribution in [0.1, 0.15) is 51.9 Å². The van der Waals surface area contributed by atoms with E-state index in [1.165, 1.54) is 25.7 Å². The minimum Gasteiger partial charge on any atom is -0.396 e. The Labute approximate surface area is 86.7 Å². The average molecular weight is 201 g/mol. The molecule has 0 rings (SSSR count). The number of carbonyl (C=O) groups excluding carboxylic acids is 1. The molecule has 0 spiro atoms. The Morgan fingerprint density at radius 2 is 1.86 bits per heavy atom. The van der Waals surface area contributed by atoms with Crippen molar-refractivity contribution >= 4 is 5.91 Å². The molecule has 1 amide bonds. The summed E-state index contributed by atoms with van der Waals surface area (Å²) in [6, 6.07) is 0. The van der Waals surface area contributed by atoms with Crippen molar-refractivity contribution in [3.8, 4) is 0 Å². The van der Waals surface area contributed by atoms with Gasteiger partial charge in [0.05, 0.1) is 0 Å². The summed E-state index contributed by atoms with van der Waals surface area (Å²) in [5.41, 5.74) is 5.21. The molecule has 1 atom stereocenters. The van der Waals surface area contributed by atoms with Crippen LogP contribution < -0.4 is 5.73 Å². The van der Waals surface area contributed by atoms with Gasteiger partial charge in [-0.2, -0.15) is 0 Å². The molecule has 0 aliphatic heterocycles. The molecule has 0 saturated heterocycles. The lowest BCUT2D eigenvalue weighted by molar-refractivity contribution is -0.122. The summed E-state index contributed by atoms with van der Waals surface area (Å²) < 4.78 is 0. The summed E-state index contributed by atoms with van der Waals surface area (Å²) in [5.74, 6) is -0.392.